The van der Waals surface area contributed by atoms with Crippen molar-refractivity contribution in [3.05, 3.63) is 0 Å². The van der Waals surface area contributed by atoms with Gasteiger partial charge < -0.3 is 16.2 Å². The molecule has 13 heavy (non-hydrogen) atoms. The number of nitrogens with two attached hydrogens (primary N) is 1. The van der Waals surface area contributed by atoms with Crippen LogP contribution in [-0.2, 0) is 4.79 Å². The van der Waals surface area contributed by atoms with Crippen molar-refractivity contribution in [2.45, 2.75) is 31.5 Å². The van der Waals surface area contributed by atoms with Crippen molar-refractivity contribution >= 4 is 5.91 Å². The van der Waals surface area contributed by atoms with Crippen LogP contribution in [-0.4, -0.2) is 36.4 Å². The topological polar surface area (TPSA) is 87.4 Å². The van der Waals surface area contributed by atoms with E-state index in [0.717, 1.165) is 19.3 Å². The monoisotopic (exact) mass is 187 g/mol. The lowest BCUT2D eigenvalue weighted by Crippen LogP contribution is -2.58. The van der Waals surface area contributed by atoms with Crippen LogP contribution in [0.3, 0.4) is 0 Å². The van der Waals surface area contributed by atoms with Crippen LogP contribution in [0.15, 0.2) is 0 Å². The largest absolute Gasteiger partial charge is 0.376 e. The Kier molecular flexibility index (Phi) is 4.14. The number of aliphatic hydroxyl groups excluding tert-OH is 1. The third-order valence-electron chi connectivity index (χ3n) is 2.17. The van der Waals surface area contributed by atoms with E-state index in [-0.39, 0.29) is 18.5 Å². The van der Waals surface area contributed by atoms with E-state index >= 15 is 0 Å². The third kappa shape index (κ3) is 3.30. The van der Waals surface area contributed by atoms with E-state index in [2.05, 4.69) is 10.6 Å². The zero-order chi connectivity index (χ0) is 9.68. The zero-order valence-electron chi connectivity index (χ0n) is 7.62. The van der Waals surface area contributed by atoms with E-state index in [1.54, 1.807) is 0 Å². The fraction of sp³-hybridized carbons (Fsp3) is 0.875. The number of piperazine rings is 1. The third-order valence-corrected chi connectivity index (χ3v) is 2.17. The van der Waals surface area contributed by atoms with Gasteiger partial charge in [-0.05, 0) is 19.4 Å². The molecule has 2 atom stereocenters. The van der Waals surface area contributed by atoms with Crippen LogP contribution in [0.25, 0.3) is 0 Å². The zero-order valence-corrected chi connectivity index (χ0v) is 7.62. The van der Waals surface area contributed by atoms with E-state index in [0.29, 0.717) is 6.54 Å². The van der Waals surface area contributed by atoms with Crippen molar-refractivity contribution < 1.29 is 9.90 Å². The highest BCUT2D eigenvalue weighted by molar-refractivity contribution is 5.79. The van der Waals surface area contributed by atoms with E-state index in [1.807, 2.05) is 0 Å². The standard InChI is InChI=1S/C8H17N3O2/c9-4-2-1-3-6-8(13)10-5-7(12)11-6/h6,8,10,13H,1-5,9H2,(H,11,12)/t6-,8?/m0/s1. The van der Waals surface area contributed by atoms with Crippen LogP contribution >= 0.6 is 0 Å². The molecule has 1 unspecified atom stereocenters. The highest BCUT2D eigenvalue weighted by Crippen LogP contribution is 2.05. The summed E-state index contributed by atoms with van der Waals surface area (Å²) in [6.45, 7) is 0.860. The average Bonchev–Trinajstić information content (AvgIpc) is 2.11. The summed E-state index contributed by atoms with van der Waals surface area (Å²) in [6, 6.07) is -0.159. The summed E-state index contributed by atoms with van der Waals surface area (Å²) < 4.78 is 0. The van der Waals surface area contributed by atoms with Crippen LogP contribution in [0.2, 0.25) is 0 Å². The molecule has 0 aromatic carbocycles. The molecule has 0 saturated carbocycles. The van der Waals surface area contributed by atoms with E-state index < -0.39 is 6.23 Å². The molecule has 0 aliphatic carbocycles. The van der Waals surface area contributed by atoms with Crippen molar-refractivity contribution in [3.8, 4) is 0 Å². The SMILES string of the molecule is NCCCC[C@@H]1NC(=O)CNC1O. The van der Waals surface area contributed by atoms with Crippen LogP contribution in [0.4, 0.5) is 0 Å². The molecule has 0 aromatic heterocycles. The van der Waals surface area contributed by atoms with Crippen LogP contribution in [0.5, 0.6) is 0 Å². The number of carbonyl (C=O) groups is 1. The highest BCUT2D eigenvalue weighted by Gasteiger charge is 2.25. The fourth-order valence-electron chi connectivity index (χ4n) is 1.41. The molecule has 1 amide bonds. The quantitative estimate of drug-likeness (QED) is 0.404. The first kappa shape index (κ1) is 10.4. The minimum Gasteiger partial charge on any atom is -0.376 e. The van der Waals surface area contributed by atoms with Gasteiger partial charge >= 0.3 is 0 Å². The summed E-state index contributed by atoms with van der Waals surface area (Å²) >= 11 is 0. The minimum absolute atomic E-state index is 0.0527. The molecule has 76 valence electrons. The van der Waals surface area contributed by atoms with Crippen LogP contribution < -0.4 is 16.4 Å². The number of carbonyl (C=O) groups excluding carboxylic acids is 1. The molecule has 1 aliphatic rings. The normalized spacial score (nSPS) is 28.6. The molecular weight excluding hydrogens is 170 g/mol. The maximum atomic E-state index is 10.9. The van der Waals surface area contributed by atoms with Crippen LogP contribution in [0, 0.1) is 0 Å². The molecule has 1 saturated heterocycles. The molecule has 1 aliphatic heterocycles. The van der Waals surface area contributed by atoms with Crippen molar-refractivity contribution in [1.82, 2.24) is 10.6 Å². The number of hydrogen-bond acceptors (Lipinski definition) is 4. The van der Waals surface area contributed by atoms with E-state index in [4.69, 9.17) is 5.73 Å². The van der Waals surface area contributed by atoms with E-state index in [1.165, 1.54) is 0 Å². The van der Waals surface area contributed by atoms with Gasteiger partial charge in [0.25, 0.3) is 0 Å². The van der Waals surface area contributed by atoms with Crippen molar-refractivity contribution in [2.75, 3.05) is 13.1 Å². The summed E-state index contributed by atoms with van der Waals surface area (Å²) in [5.74, 6) is -0.0527. The Bertz CT molecular complexity index is 175. The molecule has 0 radical (unpaired) electrons. The Hall–Kier alpha value is -0.650. The maximum absolute atomic E-state index is 10.9. The smallest absolute Gasteiger partial charge is 0.234 e. The molecule has 5 heteroatoms. The first-order chi connectivity index (χ1) is 6.24. The maximum Gasteiger partial charge on any atom is 0.234 e. The number of hydrogen-bond donors (Lipinski definition) is 4. The van der Waals surface area contributed by atoms with Gasteiger partial charge in [0, 0.05) is 0 Å². The molecule has 0 aromatic rings. The first-order valence-corrected chi connectivity index (χ1v) is 4.65. The summed E-state index contributed by atoms with van der Waals surface area (Å²) in [4.78, 5) is 10.9. The Morgan fingerprint density at radius 3 is 3.00 bits per heavy atom. The lowest BCUT2D eigenvalue weighted by atomic mass is 10.1. The summed E-state index contributed by atoms with van der Waals surface area (Å²) in [5.41, 5.74) is 5.34. The second-order valence-corrected chi connectivity index (χ2v) is 3.28. The highest BCUT2D eigenvalue weighted by atomic mass is 16.3. The Morgan fingerprint density at radius 2 is 2.31 bits per heavy atom. The number of nitrogens with one attached hydrogen (secondary N) is 2. The number of unbranched alkanes of at least 4 members (excludes halogenated alkanes) is 1. The predicted molar refractivity (Wildman–Crippen MR) is 48.8 cm³/mol. The van der Waals surface area contributed by atoms with Gasteiger partial charge in [0.05, 0.1) is 12.6 Å². The Labute approximate surface area is 77.7 Å². The van der Waals surface area contributed by atoms with Gasteiger partial charge in [-0.25, -0.2) is 0 Å². The molecule has 1 rings (SSSR count). The molecule has 0 bridgehead atoms. The van der Waals surface area contributed by atoms with Crippen LogP contribution in [0.1, 0.15) is 19.3 Å². The van der Waals surface area contributed by atoms with Crippen molar-refractivity contribution in [1.29, 1.82) is 0 Å². The second-order valence-electron chi connectivity index (χ2n) is 3.28. The van der Waals surface area contributed by atoms with Gasteiger partial charge in [-0.3, -0.25) is 10.1 Å². The second kappa shape index (κ2) is 5.16. The van der Waals surface area contributed by atoms with Crippen molar-refractivity contribution in [3.63, 3.8) is 0 Å². The summed E-state index contributed by atoms with van der Waals surface area (Å²) in [5, 5.41) is 14.9. The van der Waals surface area contributed by atoms with Gasteiger partial charge in [0.1, 0.15) is 6.23 Å². The lowest BCUT2D eigenvalue weighted by molar-refractivity contribution is -0.125. The Balaban J connectivity index is 2.25. The number of rotatable bonds is 4. The van der Waals surface area contributed by atoms with Gasteiger partial charge in [0.2, 0.25) is 5.91 Å². The molecule has 1 heterocycles. The van der Waals surface area contributed by atoms with Gasteiger partial charge in [0.15, 0.2) is 0 Å². The van der Waals surface area contributed by atoms with E-state index in [9.17, 15) is 9.90 Å². The molecule has 5 nitrogen and oxygen atoms in total. The summed E-state index contributed by atoms with van der Waals surface area (Å²) in [7, 11) is 0. The molecular formula is C8H17N3O2. The Morgan fingerprint density at radius 1 is 1.54 bits per heavy atom. The van der Waals surface area contributed by atoms with Gasteiger partial charge in [-0.1, -0.05) is 6.42 Å². The minimum atomic E-state index is -0.615. The van der Waals surface area contributed by atoms with Crippen molar-refractivity contribution in [2.24, 2.45) is 5.73 Å². The number of amides is 1. The molecule has 0 spiro atoms. The molecule has 1 fully saturated rings. The summed E-state index contributed by atoms with van der Waals surface area (Å²) in [6.07, 6.45) is 2.02. The lowest BCUT2D eigenvalue weighted by Gasteiger charge is -2.29. The van der Waals surface area contributed by atoms with Gasteiger partial charge in [-0.15, -0.1) is 0 Å². The number of aliphatic hydroxyl groups is 1. The average molecular weight is 187 g/mol. The predicted octanol–water partition coefficient (Wildman–Crippen LogP) is -1.48. The fourth-order valence-corrected chi connectivity index (χ4v) is 1.41. The first-order valence-electron chi connectivity index (χ1n) is 4.65. The molecule has 5 N–H and O–H groups in total. The van der Waals surface area contributed by atoms with Gasteiger partial charge in [-0.2, -0.15) is 0 Å².